The van der Waals surface area contributed by atoms with Crippen LogP contribution in [0.3, 0.4) is 0 Å². The Labute approximate surface area is 153 Å². The van der Waals surface area contributed by atoms with Crippen molar-refractivity contribution in [3.63, 3.8) is 0 Å². The third-order valence-electron chi connectivity index (χ3n) is 5.17. The van der Waals surface area contributed by atoms with Gasteiger partial charge in [0.15, 0.2) is 0 Å². The lowest BCUT2D eigenvalue weighted by Crippen LogP contribution is -2.39. The van der Waals surface area contributed by atoms with E-state index in [9.17, 15) is 13.2 Å². The first-order valence-corrected chi connectivity index (χ1v) is 11.4. The molecule has 2 fully saturated rings. The van der Waals surface area contributed by atoms with E-state index in [1.165, 1.54) is 0 Å². The summed E-state index contributed by atoms with van der Waals surface area (Å²) in [7, 11) is -3.54. The van der Waals surface area contributed by atoms with Gasteiger partial charge in [-0.05, 0) is 43.9 Å². The van der Waals surface area contributed by atoms with Crippen LogP contribution < -0.4 is 9.62 Å². The van der Waals surface area contributed by atoms with E-state index in [1.54, 1.807) is 23.9 Å². The van der Waals surface area contributed by atoms with Gasteiger partial charge in [-0.25, -0.2) is 13.1 Å². The molecule has 5 nitrogen and oxygen atoms in total. The molecule has 0 radical (unpaired) electrons. The summed E-state index contributed by atoms with van der Waals surface area (Å²) >= 11 is 1.71. The number of anilines is 1. The van der Waals surface area contributed by atoms with Gasteiger partial charge in [0, 0.05) is 28.6 Å². The van der Waals surface area contributed by atoms with Crippen LogP contribution in [0, 0.1) is 5.92 Å². The minimum atomic E-state index is -3.54. The lowest BCUT2D eigenvalue weighted by molar-refractivity contribution is -0.119. The molecule has 0 aromatic heterocycles. The number of amides is 1. The van der Waals surface area contributed by atoms with Crippen LogP contribution in [0.15, 0.2) is 28.0 Å². The Hall–Kier alpha value is -1.05. The number of sulfonamides is 1. The second kappa shape index (κ2) is 6.59. The lowest BCUT2D eigenvalue weighted by Gasteiger charge is -2.33. The number of carbonyl (C=O) groups is 1. The van der Waals surface area contributed by atoms with E-state index < -0.39 is 10.0 Å². The molecule has 0 unspecified atom stereocenters. The molecule has 4 rings (SSSR count). The van der Waals surface area contributed by atoms with Gasteiger partial charge >= 0.3 is 0 Å². The summed E-state index contributed by atoms with van der Waals surface area (Å²) in [4.78, 5) is 15.7. The number of rotatable bonds is 4. The fourth-order valence-corrected chi connectivity index (χ4v) is 6.09. The molecule has 1 aliphatic heterocycles. The van der Waals surface area contributed by atoms with E-state index in [2.05, 4.69) is 11.6 Å². The summed E-state index contributed by atoms with van der Waals surface area (Å²) in [6.45, 7) is 2.75. The van der Waals surface area contributed by atoms with Gasteiger partial charge in [-0.2, -0.15) is 0 Å². The van der Waals surface area contributed by atoms with Crippen LogP contribution in [-0.4, -0.2) is 32.2 Å². The van der Waals surface area contributed by atoms with Crippen molar-refractivity contribution in [2.24, 2.45) is 5.92 Å². The van der Waals surface area contributed by atoms with Gasteiger partial charge in [-0.1, -0.05) is 19.8 Å². The third kappa shape index (κ3) is 3.59. The molecule has 3 aliphatic rings. The van der Waals surface area contributed by atoms with E-state index in [4.69, 9.17) is 0 Å². The highest BCUT2D eigenvalue weighted by molar-refractivity contribution is 8.00. The number of fused-ring (bicyclic) bond motifs is 1. The molecule has 0 bridgehead atoms. The number of hydrogen-bond donors (Lipinski definition) is 1. The van der Waals surface area contributed by atoms with E-state index >= 15 is 0 Å². The van der Waals surface area contributed by atoms with Crippen molar-refractivity contribution in [3.05, 3.63) is 18.2 Å². The second-order valence-electron chi connectivity index (χ2n) is 7.38. The Morgan fingerprint density at radius 1 is 1.20 bits per heavy atom. The maximum atomic E-state index is 12.7. The third-order valence-corrected chi connectivity index (χ3v) is 7.84. The van der Waals surface area contributed by atoms with Gasteiger partial charge in [-0.3, -0.25) is 4.79 Å². The largest absolute Gasteiger partial charge is 0.310 e. The van der Waals surface area contributed by atoms with Crippen molar-refractivity contribution in [3.8, 4) is 0 Å². The molecule has 25 heavy (non-hydrogen) atoms. The minimum Gasteiger partial charge on any atom is -0.310 e. The Morgan fingerprint density at radius 3 is 2.60 bits per heavy atom. The molecular formula is C18H24N2O3S2. The Bertz CT molecular complexity index is 784. The number of hydrogen-bond acceptors (Lipinski definition) is 4. The van der Waals surface area contributed by atoms with Crippen molar-refractivity contribution in [2.45, 2.75) is 66.5 Å². The van der Waals surface area contributed by atoms with E-state index in [1.807, 2.05) is 11.0 Å². The first-order valence-electron chi connectivity index (χ1n) is 9.08. The lowest BCUT2D eigenvalue weighted by atomic mass is 10.2. The Kier molecular flexibility index (Phi) is 4.58. The number of thioether (sulfide) groups is 1. The quantitative estimate of drug-likeness (QED) is 0.871. The highest BCUT2D eigenvalue weighted by atomic mass is 32.2. The van der Waals surface area contributed by atoms with Crippen LogP contribution >= 0.6 is 11.8 Å². The molecule has 0 spiro atoms. The molecule has 1 amide bonds. The zero-order chi connectivity index (χ0) is 17.6. The molecule has 136 valence electrons. The Morgan fingerprint density at radius 2 is 1.92 bits per heavy atom. The smallest absolute Gasteiger partial charge is 0.240 e. The van der Waals surface area contributed by atoms with Crippen LogP contribution in [0.1, 0.15) is 45.4 Å². The number of carbonyl (C=O) groups excluding carboxylic acids is 1. The average molecular weight is 381 g/mol. The van der Waals surface area contributed by atoms with Crippen LogP contribution in [-0.2, 0) is 14.8 Å². The van der Waals surface area contributed by atoms with Crippen LogP contribution in [0.5, 0.6) is 0 Å². The van der Waals surface area contributed by atoms with Gasteiger partial charge in [-0.15, -0.1) is 11.8 Å². The van der Waals surface area contributed by atoms with Gasteiger partial charge in [0.2, 0.25) is 15.9 Å². The molecule has 1 N–H and O–H groups in total. The predicted octanol–water partition coefficient (Wildman–Crippen LogP) is 3.14. The van der Waals surface area contributed by atoms with Crippen molar-refractivity contribution >= 4 is 33.4 Å². The van der Waals surface area contributed by atoms with E-state index in [0.717, 1.165) is 49.1 Å². The molecule has 0 saturated heterocycles. The molecule has 2 saturated carbocycles. The van der Waals surface area contributed by atoms with Crippen LogP contribution in [0.2, 0.25) is 0 Å². The second-order valence-corrected chi connectivity index (χ2v) is 10.6. The van der Waals surface area contributed by atoms with E-state index in [0.29, 0.717) is 11.8 Å². The zero-order valence-corrected chi connectivity index (χ0v) is 16.0. The molecule has 1 aromatic carbocycles. The van der Waals surface area contributed by atoms with Crippen molar-refractivity contribution in [2.75, 3.05) is 11.4 Å². The predicted molar refractivity (Wildman–Crippen MR) is 99.4 cm³/mol. The molecule has 1 heterocycles. The summed E-state index contributed by atoms with van der Waals surface area (Å²) in [6, 6.07) is 5.25. The first kappa shape index (κ1) is 17.4. The first-order chi connectivity index (χ1) is 11.9. The van der Waals surface area contributed by atoms with Crippen LogP contribution in [0.25, 0.3) is 0 Å². The highest BCUT2D eigenvalue weighted by Crippen LogP contribution is 2.42. The molecular weight excluding hydrogens is 356 g/mol. The number of nitrogens with one attached hydrogen (secondary N) is 1. The fraction of sp³-hybridized carbons (Fsp3) is 0.611. The Balaban J connectivity index is 1.65. The van der Waals surface area contributed by atoms with Gasteiger partial charge < -0.3 is 4.90 Å². The molecule has 1 atom stereocenters. The summed E-state index contributed by atoms with van der Waals surface area (Å²) in [5, 5.41) is 0.314. The summed E-state index contributed by atoms with van der Waals surface area (Å²) in [6.07, 6.45) is 5.87. The normalized spacial score (nSPS) is 24.4. The van der Waals surface area contributed by atoms with Gasteiger partial charge in [0.25, 0.3) is 0 Å². The van der Waals surface area contributed by atoms with Crippen LogP contribution in [0.4, 0.5) is 5.69 Å². The summed E-state index contributed by atoms with van der Waals surface area (Å²) in [5.41, 5.74) is 0.759. The minimum absolute atomic E-state index is 0.0413. The fourth-order valence-electron chi connectivity index (χ4n) is 3.67. The van der Waals surface area contributed by atoms with E-state index in [-0.39, 0.29) is 22.8 Å². The topological polar surface area (TPSA) is 66.5 Å². The monoisotopic (exact) mass is 380 g/mol. The summed E-state index contributed by atoms with van der Waals surface area (Å²) in [5.74, 6) is 0.270. The number of benzene rings is 1. The standard InChI is InChI=1S/C18H24N2O3S2/c1-12-11-20(18(21)13-6-7-13)16-10-15(8-9-17(16)24-12)25(22,23)19-14-4-2-3-5-14/h8-10,12-14,19H,2-7,11H2,1H3/t12-/m0/s1. The van der Waals surface area contributed by atoms with Gasteiger partial charge in [0.05, 0.1) is 10.6 Å². The summed E-state index contributed by atoms with van der Waals surface area (Å²) < 4.78 is 28.3. The van der Waals surface area contributed by atoms with Crippen molar-refractivity contribution < 1.29 is 13.2 Å². The highest BCUT2D eigenvalue weighted by Gasteiger charge is 2.37. The van der Waals surface area contributed by atoms with Crippen molar-refractivity contribution in [1.29, 1.82) is 0 Å². The van der Waals surface area contributed by atoms with Crippen molar-refractivity contribution in [1.82, 2.24) is 4.72 Å². The van der Waals surface area contributed by atoms with Gasteiger partial charge in [0.1, 0.15) is 0 Å². The molecule has 2 aliphatic carbocycles. The molecule has 7 heteroatoms. The number of nitrogens with zero attached hydrogens (tertiary/aromatic N) is 1. The average Bonchev–Trinajstić information content (AvgIpc) is 3.31. The molecule has 1 aromatic rings. The zero-order valence-electron chi connectivity index (χ0n) is 14.4. The SMILES string of the molecule is C[C@H]1CN(C(=O)C2CC2)c2cc(S(=O)(=O)NC3CCCC3)ccc2S1. The maximum absolute atomic E-state index is 12.7. The maximum Gasteiger partial charge on any atom is 0.240 e.